The lowest BCUT2D eigenvalue weighted by molar-refractivity contribution is -0.384. The molecule has 0 fully saturated rings. The van der Waals surface area contributed by atoms with Crippen molar-refractivity contribution in [3.63, 3.8) is 0 Å². The Kier molecular flexibility index (Phi) is 4.49. The first-order chi connectivity index (χ1) is 10.5. The van der Waals surface area contributed by atoms with Gasteiger partial charge in [-0.25, -0.2) is 0 Å². The summed E-state index contributed by atoms with van der Waals surface area (Å²) in [5, 5.41) is 19.8. The van der Waals surface area contributed by atoms with Crippen LogP contribution in [0.15, 0.2) is 42.5 Å². The van der Waals surface area contributed by atoms with E-state index >= 15 is 0 Å². The monoisotopic (exact) mass is 296 g/mol. The first-order valence-electron chi connectivity index (χ1n) is 6.42. The molecule has 0 bridgehead atoms. The number of benzene rings is 2. The fourth-order valence-electron chi connectivity index (χ4n) is 1.94. The van der Waals surface area contributed by atoms with E-state index in [9.17, 15) is 14.9 Å². The number of non-ortho nitro benzene ring substituents is 1. The van der Waals surface area contributed by atoms with E-state index in [1.807, 2.05) is 6.07 Å². The van der Waals surface area contributed by atoms with Crippen LogP contribution in [0.3, 0.4) is 0 Å². The van der Waals surface area contributed by atoms with Crippen LogP contribution in [-0.4, -0.2) is 10.7 Å². The van der Waals surface area contributed by atoms with Gasteiger partial charge in [0.25, 0.3) is 5.69 Å². The van der Waals surface area contributed by atoms with Crippen LogP contribution in [0.25, 0.3) is 0 Å². The zero-order valence-electron chi connectivity index (χ0n) is 11.8. The van der Waals surface area contributed by atoms with Crippen LogP contribution in [0, 0.1) is 21.4 Å². The molecule has 0 spiro atoms. The molecule has 0 heterocycles. The fourth-order valence-corrected chi connectivity index (χ4v) is 1.94. The molecule has 2 rings (SSSR count). The minimum Gasteiger partial charge on any atom is -0.489 e. The van der Waals surface area contributed by atoms with E-state index in [-0.39, 0.29) is 23.6 Å². The summed E-state index contributed by atoms with van der Waals surface area (Å²) in [5.74, 6) is 0.231. The van der Waals surface area contributed by atoms with Gasteiger partial charge < -0.3 is 4.74 Å². The number of nitro benzene ring substituents is 1. The van der Waals surface area contributed by atoms with Crippen LogP contribution in [0.5, 0.6) is 5.75 Å². The van der Waals surface area contributed by atoms with Gasteiger partial charge in [0.05, 0.1) is 10.5 Å². The number of nitriles is 1. The Balaban J connectivity index is 2.15. The van der Waals surface area contributed by atoms with E-state index in [1.165, 1.54) is 31.2 Å². The van der Waals surface area contributed by atoms with E-state index in [0.717, 1.165) is 0 Å². The van der Waals surface area contributed by atoms with Crippen LogP contribution >= 0.6 is 0 Å². The smallest absolute Gasteiger partial charge is 0.269 e. The van der Waals surface area contributed by atoms with Gasteiger partial charge in [-0.3, -0.25) is 14.9 Å². The number of ketones is 1. The molecule has 0 saturated heterocycles. The summed E-state index contributed by atoms with van der Waals surface area (Å²) in [6, 6.07) is 12.7. The highest BCUT2D eigenvalue weighted by Crippen LogP contribution is 2.20. The zero-order valence-corrected chi connectivity index (χ0v) is 11.8. The molecule has 110 valence electrons. The Morgan fingerprint density at radius 2 is 2.09 bits per heavy atom. The van der Waals surface area contributed by atoms with Gasteiger partial charge in [-0.05, 0) is 30.7 Å². The Morgan fingerprint density at radius 1 is 1.32 bits per heavy atom. The quantitative estimate of drug-likeness (QED) is 0.479. The average Bonchev–Trinajstić information content (AvgIpc) is 2.52. The second-order valence-electron chi connectivity index (χ2n) is 4.59. The minimum absolute atomic E-state index is 0.00857. The SMILES string of the molecule is CC(=O)c1ccc(OCc2cccc([N+](=O)[O-])c2)cc1C#N. The van der Waals surface area contributed by atoms with Gasteiger partial charge in [-0.2, -0.15) is 5.26 Å². The summed E-state index contributed by atoms with van der Waals surface area (Å²) < 4.78 is 5.52. The Morgan fingerprint density at radius 3 is 2.73 bits per heavy atom. The molecule has 22 heavy (non-hydrogen) atoms. The molecule has 0 aliphatic heterocycles. The van der Waals surface area contributed by atoms with Crippen LogP contribution in [0.2, 0.25) is 0 Å². The molecule has 0 N–H and O–H groups in total. The number of carbonyl (C=O) groups is 1. The Hall–Kier alpha value is -3.20. The first kappa shape index (κ1) is 15.2. The predicted molar refractivity (Wildman–Crippen MR) is 78.6 cm³/mol. The van der Waals surface area contributed by atoms with Crippen molar-refractivity contribution in [2.24, 2.45) is 0 Å². The minimum atomic E-state index is -0.473. The molecule has 2 aromatic carbocycles. The van der Waals surface area contributed by atoms with E-state index in [1.54, 1.807) is 18.2 Å². The largest absolute Gasteiger partial charge is 0.489 e. The lowest BCUT2D eigenvalue weighted by atomic mass is 10.1. The maximum Gasteiger partial charge on any atom is 0.269 e. The molecule has 6 nitrogen and oxygen atoms in total. The highest BCUT2D eigenvalue weighted by Gasteiger charge is 2.09. The van der Waals surface area contributed by atoms with Gasteiger partial charge in [0, 0.05) is 17.7 Å². The number of Topliss-reactive ketones (excluding diaryl/α,β-unsaturated/α-hetero) is 1. The molecule has 0 saturated carbocycles. The maximum atomic E-state index is 11.4. The van der Waals surface area contributed by atoms with Crippen molar-refractivity contribution >= 4 is 11.5 Å². The molecule has 0 unspecified atom stereocenters. The van der Waals surface area contributed by atoms with Crippen LogP contribution in [-0.2, 0) is 6.61 Å². The number of hydrogen-bond acceptors (Lipinski definition) is 5. The second-order valence-corrected chi connectivity index (χ2v) is 4.59. The summed E-state index contributed by atoms with van der Waals surface area (Å²) in [6.07, 6.45) is 0. The summed E-state index contributed by atoms with van der Waals surface area (Å²) >= 11 is 0. The van der Waals surface area contributed by atoms with Crippen LogP contribution in [0.4, 0.5) is 5.69 Å². The normalized spacial score (nSPS) is 9.82. The van der Waals surface area contributed by atoms with Gasteiger partial charge >= 0.3 is 0 Å². The van der Waals surface area contributed by atoms with Crippen LogP contribution in [0.1, 0.15) is 28.4 Å². The van der Waals surface area contributed by atoms with Crippen molar-refractivity contribution < 1.29 is 14.5 Å². The lowest BCUT2D eigenvalue weighted by Crippen LogP contribution is -2.00. The Labute approximate surface area is 126 Å². The van der Waals surface area contributed by atoms with Gasteiger partial charge in [-0.15, -0.1) is 0 Å². The topological polar surface area (TPSA) is 93.2 Å². The number of nitrogens with zero attached hydrogens (tertiary/aromatic N) is 2. The number of rotatable bonds is 5. The predicted octanol–water partition coefficient (Wildman–Crippen LogP) is 3.25. The number of ether oxygens (including phenoxy) is 1. The lowest BCUT2D eigenvalue weighted by Gasteiger charge is -2.08. The standard InChI is InChI=1S/C16H12N2O4/c1-11(19)16-6-5-15(8-13(16)9-17)22-10-12-3-2-4-14(7-12)18(20)21/h2-8H,10H2,1H3. The molecular weight excluding hydrogens is 284 g/mol. The van der Waals surface area contributed by atoms with Gasteiger partial charge in [0.15, 0.2) is 5.78 Å². The summed E-state index contributed by atoms with van der Waals surface area (Å²) in [6.45, 7) is 1.52. The summed E-state index contributed by atoms with van der Waals surface area (Å²) in [7, 11) is 0. The van der Waals surface area contributed by atoms with Gasteiger partial charge in [0.2, 0.25) is 0 Å². The van der Waals surface area contributed by atoms with Gasteiger partial charge in [-0.1, -0.05) is 12.1 Å². The van der Waals surface area contributed by atoms with E-state index < -0.39 is 4.92 Å². The third-order valence-electron chi connectivity index (χ3n) is 3.02. The van der Waals surface area contributed by atoms with Crippen molar-refractivity contribution in [1.29, 1.82) is 5.26 Å². The molecule has 0 atom stereocenters. The number of hydrogen-bond donors (Lipinski definition) is 0. The third-order valence-corrected chi connectivity index (χ3v) is 3.02. The number of carbonyl (C=O) groups excluding carboxylic acids is 1. The van der Waals surface area contributed by atoms with E-state index in [2.05, 4.69) is 0 Å². The highest BCUT2D eigenvalue weighted by molar-refractivity contribution is 5.96. The summed E-state index contributed by atoms with van der Waals surface area (Å²) in [4.78, 5) is 21.6. The van der Waals surface area contributed by atoms with Crippen molar-refractivity contribution in [2.75, 3.05) is 0 Å². The zero-order chi connectivity index (χ0) is 16.1. The summed E-state index contributed by atoms with van der Waals surface area (Å²) in [5.41, 5.74) is 1.21. The Bertz CT molecular complexity index is 778. The second kappa shape index (κ2) is 6.50. The van der Waals surface area contributed by atoms with Crippen molar-refractivity contribution in [1.82, 2.24) is 0 Å². The molecule has 0 aliphatic rings. The molecule has 0 aromatic heterocycles. The molecule has 0 amide bonds. The van der Waals surface area contributed by atoms with Crippen molar-refractivity contribution in [2.45, 2.75) is 13.5 Å². The molecule has 0 radical (unpaired) electrons. The van der Waals surface area contributed by atoms with Crippen molar-refractivity contribution in [3.05, 3.63) is 69.3 Å². The van der Waals surface area contributed by atoms with Crippen molar-refractivity contribution in [3.8, 4) is 11.8 Å². The average molecular weight is 296 g/mol. The molecule has 2 aromatic rings. The van der Waals surface area contributed by atoms with E-state index in [4.69, 9.17) is 10.00 Å². The fraction of sp³-hybridized carbons (Fsp3) is 0.125. The highest BCUT2D eigenvalue weighted by atomic mass is 16.6. The molecule has 6 heteroatoms. The molecule has 0 aliphatic carbocycles. The molecular formula is C16H12N2O4. The van der Waals surface area contributed by atoms with Gasteiger partial charge in [0.1, 0.15) is 18.4 Å². The number of nitro groups is 1. The van der Waals surface area contributed by atoms with Crippen LogP contribution < -0.4 is 4.74 Å². The third kappa shape index (κ3) is 3.46. The maximum absolute atomic E-state index is 11.4. The van der Waals surface area contributed by atoms with E-state index in [0.29, 0.717) is 16.9 Å². The first-order valence-corrected chi connectivity index (χ1v) is 6.42.